The van der Waals surface area contributed by atoms with E-state index in [1.54, 1.807) is 11.8 Å². The molecule has 1 aliphatic carbocycles. The second-order valence-electron chi connectivity index (χ2n) is 10.7. The topological polar surface area (TPSA) is 100 Å². The summed E-state index contributed by atoms with van der Waals surface area (Å²) in [5, 5.41) is 11.0. The highest BCUT2D eigenvalue weighted by Crippen LogP contribution is 2.35. The molecule has 1 fully saturated rings. The van der Waals surface area contributed by atoms with Gasteiger partial charge in [0.25, 0.3) is 5.91 Å². The summed E-state index contributed by atoms with van der Waals surface area (Å²) in [7, 11) is 5.71. The number of amides is 1. The van der Waals surface area contributed by atoms with Crippen molar-refractivity contribution in [1.29, 1.82) is 0 Å². The third kappa shape index (κ3) is 5.60. The van der Waals surface area contributed by atoms with Crippen molar-refractivity contribution < 1.29 is 9.53 Å². The largest absolute Gasteiger partial charge is 0.494 e. The average molecular weight is 553 g/mol. The Morgan fingerprint density at radius 2 is 1.83 bits per heavy atom. The zero-order chi connectivity index (χ0) is 28.3. The smallest absolute Gasteiger partial charge is 0.272 e. The first-order chi connectivity index (χ1) is 20.0. The summed E-state index contributed by atoms with van der Waals surface area (Å²) in [5.74, 6) is 1.03. The number of benzene rings is 2. The minimum absolute atomic E-state index is 0.174. The van der Waals surface area contributed by atoms with Crippen LogP contribution in [0.2, 0.25) is 0 Å². The molecule has 0 atom stereocenters. The fourth-order valence-corrected chi connectivity index (χ4v) is 5.62. The van der Waals surface area contributed by atoms with Gasteiger partial charge in [-0.1, -0.05) is 30.3 Å². The predicted molar refractivity (Wildman–Crippen MR) is 160 cm³/mol. The Morgan fingerprint density at radius 3 is 2.61 bits per heavy atom. The molecule has 6 rings (SSSR count). The van der Waals surface area contributed by atoms with Gasteiger partial charge >= 0.3 is 0 Å². The normalized spacial score (nSPS) is 15.0. The Kier molecular flexibility index (Phi) is 7.56. The average Bonchev–Trinajstić information content (AvgIpc) is 3.20. The van der Waals surface area contributed by atoms with Crippen molar-refractivity contribution in [2.75, 3.05) is 50.6 Å². The van der Waals surface area contributed by atoms with Gasteiger partial charge in [-0.25, -0.2) is 9.97 Å². The van der Waals surface area contributed by atoms with Gasteiger partial charge in [0, 0.05) is 63.3 Å². The third-order valence-corrected chi connectivity index (χ3v) is 7.92. The van der Waals surface area contributed by atoms with Gasteiger partial charge in [0.15, 0.2) is 5.69 Å². The Bertz CT molecular complexity index is 1540. The van der Waals surface area contributed by atoms with Crippen LogP contribution in [0.5, 0.6) is 5.75 Å². The first kappa shape index (κ1) is 26.8. The minimum Gasteiger partial charge on any atom is -0.494 e. The fourth-order valence-electron chi connectivity index (χ4n) is 5.62. The molecule has 4 aromatic rings. The van der Waals surface area contributed by atoms with E-state index in [9.17, 15) is 4.79 Å². The number of anilines is 3. The first-order valence-electron chi connectivity index (χ1n) is 14.1. The highest BCUT2D eigenvalue weighted by molar-refractivity contribution is 5.95. The molecule has 2 aliphatic rings. The monoisotopic (exact) mass is 552 g/mol. The molecule has 1 saturated heterocycles. The number of hydrogen-bond donors (Lipinski definition) is 2. The number of piperazine rings is 1. The van der Waals surface area contributed by atoms with Crippen molar-refractivity contribution in [3.63, 3.8) is 0 Å². The number of carbonyl (C=O) groups is 1. The molecule has 0 unspecified atom stereocenters. The van der Waals surface area contributed by atoms with E-state index in [0.717, 1.165) is 90.6 Å². The summed E-state index contributed by atoms with van der Waals surface area (Å²) in [6.07, 6.45) is 4.35. The molecule has 2 aromatic carbocycles. The lowest BCUT2D eigenvalue weighted by molar-refractivity contribution is 0.0944. The van der Waals surface area contributed by atoms with Gasteiger partial charge in [0.1, 0.15) is 5.75 Å². The van der Waals surface area contributed by atoms with Crippen LogP contribution in [0.25, 0.3) is 11.4 Å². The highest BCUT2D eigenvalue weighted by atomic mass is 16.5. The van der Waals surface area contributed by atoms with E-state index in [1.807, 2.05) is 49.6 Å². The van der Waals surface area contributed by atoms with Crippen molar-refractivity contribution in [1.82, 2.24) is 30.0 Å². The lowest BCUT2D eigenvalue weighted by atomic mass is 10.1. The molecule has 0 bridgehead atoms. The maximum atomic E-state index is 13.2. The van der Waals surface area contributed by atoms with Crippen LogP contribution >= 0.6 is 0 Å². The molecule has 1 aliphatic heterocycles. The van der Waals surface area contributed by atoms with E-state index in [0.29, 0.717) is 18.2 Å². The van der Waals surface area contributed by atoms with Gasteiger partial charge in [-0.2, -0.15) is 5.10 Å². The molecule has 2 N–H and O–H groups in total. The summed E-state index contributed by atoms with van der Waals surface area (Å²) in [6.45, 7) is 4.50. The summed E-state index contributed by atoms with van der Waals surface area (Å²) >= 11 is 0. The van der Waals surface area contributed by atoms with Gasteiger partial charge in [-0.15, -0.1) is 0 Å². The second-order valence-corrected chi connectivity index (χ2v) is 10.7. The molecule has 0 saturated carbocycles. The molecule has 41 heavy (non-hydrogen) atoms. The molecule has 10 nitrogen and oxygen atoms in total. The van der Waals surface area contributed by atoms with Crippen LogP contribution in [0.15, 0.2) is 54.7 Å². The second kappa shape index (κ2) is 11.6. The third-order valence-electron chi connectivity index (χ3n) is 7.92. The Balaban J connectivity index is 1.26. The Hall–Kier alpha value is -4.44. The number of aromatic nitrogens is 4. The number of aryl methyl sites for hydroxylation is 2. The highest BCUT2D eigenvalue weighted by Gasteiger charge is 2.27. The van der Waals surface area contributed by atoms with Crippen LogP contribution in [0, 0.1) is 0 Å². The van der Waals surface area contributed by atoms with Gasteiger partial charge in [0.05, 0.1) is 24.2 Å². The molecule has 2 aromatic heterocycles. The number of hydrogen-bond acceptors (Lipinski definition) is 8. The predicted octanol–water partition coefficient (Wildman–Crippen LogP) is 3.80. The number of fused-ring (bicyclic) bond motifs is 3. The van der Waals surface area contributed by atoms with Crippen molar-refractivity contribution in [3.05, 3.63) is 77.1 Å². The van der Waals surface area contributed by atoms with Gasteiger partial charge in [0.2, 0.25) is 5.95 Å². The summed E-state index contributed by atoms with van der Waals surface area (Å²) in [5.41, 5.74) is 7.09. The first-order valence-corrected chi connectivity index (χ1v) is 14.1. The summed E-state index contributed by atoms with van der Waals surface area (Å²) < 4.78 is 7.53. The van der Waals surface area contributed by atoms with E-state index < -0.39 is 0 Å². The zero-order valence-corrected chi connectivity index (χ0v) is 23.9. The van der Waals surface area contributed by atoms with Crippen molar-refractivity contribution in [2.24, 2.45) is 7.05 Å². The van der Waals surface area contributed by atoms with E-state index in [4.69, 9.17) is 9.72 Å². The maximum Gasteiger partial charge on any atom is 0.272 e. The van der Waals surface area contributed by atoms with E-state index in [2.05, 4.69) is 49.7 Å². The molecule has 0 spiro atoms. The molecule has 1 amide bonds. The molecular weight excluding hydrogens is 516 g/mol. The number of nitrogens with one attached hydrogen (secondary N) is 2. The zero-order valence-electron chi connectivity index (χ0n) is 23.9. The molecule has 10 heteroatoms. The Morgan fingerprint density at radius 1 is 1.02 bits per heavy atom. The van der Waals surface area contributed by atoms with E-state index in [1.165, 1.54) is 0 Å². The number of rotatable bonds is 7. The van der Waals surface area contributed by atoms with E-state index >= 15 is 0 Å². The van der Waals surface area contributed by atoms with Crippen LogP contribution in [-0.4, -0.2) is 70.9 Å². The lowest BCUT2D eigenvalue weighted by Crippen LogP contribution is -2.44. The van der Waals surface area contributed by atoms with Crippen LogP contribution in [-0.2, 0) is 26.4 Å². The molecule has 212 valence electrons. The van der Waals surface area contributed by atoms with E-state index in [-0.39, 0.29) is 5.91 Å². The quantitative estimate of drug-likeness (QED) is 0.357. The number of nitrogens with zero attached hydrogens (tertiary/aromatic N) is 6. The number of likely N-dealkylation sites (N-methyl/N-ethyl adjacent to an activating group) is 1. The number of carbonyl (C=O) groups excluding carboxylic acids is 1. The van der Waals surface area contributed by atoms with Crippen molar-refractivity contribution in [3.8, 4) is 17.1 Å². The van der Waals surface area contributed by atoms with Gasteiger partial charge in [-0.05, 0) is 49.6 Å². The Labute approximate surface area is 240 Å². The molecule has 0 radical (unpaired) electrons. The van der Waals surface area contributed by atoms with Crippen LogP contribution in [0.3, 0.4) is 0 Å². The molecular formula is C31H36N8O2. The fraction of sp³-hybridized carbons (Fsp3) is 0.355. The number of ether oxygens (including phenoxy) is 1. The number of methoxy groups -OCH3 is 1. The minimum atomic E-state index is -0.174. The molecule has 3 heterocycles. The van der Waals surface area contributed by atoms with Crippen molar-refractivity contribution >= 4 is 23.2 Å². The van der Waals surface area contributed by atoms with Crippen LogP contribution < -0.4 is 20.3 Å². The maximum absolute atomic E-state index is 13.2. The van der Waals surface area contributed by atoms with Crippen LogP contribution in [0.1, 0.15) is 33.6 Å². The SMILES string of the molecule is COc1cc(N2CCN(C)CC2)ccc1Nc1ncc2c(n1)-c1c(c(C(=O)NCc3ccccc3)nn1C)CCC2. The van der Waals surface area contributed by atoms with Gasteiger partial charge in [-0.3, -0.25) is 9.48 Å². The van der Waals surface area contributed by atoms with Crippen LogP contribution in [0.4, 0.5) is 17.3 Å². The summed E-state index contributed by atoms with van der Waals surface area (Å²) in [6, 6.07) is 16.1. The van der Waals surface area contributed by atoms with Gasteiger partial charge < -0.3 is 25.2 Å². The lowest BCUT2D eigenvalue weighted by Gasteiger charge is -2.34. The van der Waals surface area contributed by atoms with Crippen molar-refractivity contribution in [2.45, 2.75) is 25.8 Å². The summed E-state index contributed by atoms with van der Waals surface area (Å²) in [4.78, 5) is 27.5. The standard InChI is InChI=1S/C31H36N8O2/c1-37-14-16-39(17-15-37)23-12-13-25(26(18-23)41-3)34-31-33-20-22-10-7-11-24-28(36-38(2)29(24)27(22)35-31)30(40)32-19-21-8-5-4-6-9-21/h4-6,8-9,12-13,18,20H,7,10-11,14-17,19H2,1-3H3,(H,32,40)(H,33,34,35).